The van der Waals surface area contributed by atoms with Crippen LogP contribution in [0.1, 0.15) is 27.8 Å². The van der Waals surface area contributed by atoms with Crippen LogP contribution in [0.5, 0.6) is 5.75 Å². The van der Waals surface area contributed by atoms with E-state index in [2.05, 4.69) is 47.0 Å². The summed E-state index contributed by atoms with van der Waals surface area (Å²) < 4.78 is -0.698. The normalized spacial score (nSPS) is 13.1. The van der Waals surface area contributed by atoms with E-state index in [0.717, 1.165) is 22.3 Å². The number of hydrogen-bond donors (Lipinski definition) is 5. The first-order chi connectivity index (χ1) is 23.8. The lowest BCUT2D eigenvalue weighted by Crippen LogP contribution is -2.56. The summed E-state index contributed by atoms with van der Waals surface area (Å²) >= 11 is 1.53. The van der Waals surface area contributed by atoms with Crippen LogP contribution >= 0.6 is 11.8 Å². The van der Waals surface area contributed by atoms with Crippen LogP contribution in [0.15, 0.2) is 146 Å². The number of benzene rings is 5. The molecular formula is C40H39N3O5S. The monoisotopic (exact) mass is 673 g/mol. The highest BCUT2D eigenvalue weighted by Crippen LogP contribution is 2.48. The molecular weight excluding hydrogens is 635 g/mol. The first kappa shape index (κ1) is 34.9. The number of nitrogens with one attached hydrogen (secondary N) is 2. The molecule has 250 valence electrons. The predicted octanol–water partition coefficient (Wildman–Crippen LogP) is 5.28. The number of hydrogen-bond acceptors (Lipinski definition) is 6. The lowest BCUT2D eigenvalue weighted by molar-refractivity contribution is -0.142. The average molecular weight is 674 g/mol. The SMILES string of the molecule is N[C@@H](CSC(c1ccccc1)(c1ccccc1)c1ccccc1)C(=O)N[C@@H](Cc1ccc(O)cc1)C(=O)N[C@@H](Cc1ccccc1)C(=O)O. The van der Waals surface area contributed by atoms with Gasteiger partial charge >= 0.3 is 5.97 Å². The van der Waals surface area contributed by atoms with Gasteiger partial charge in [0.15, 0.2) is 0 Å². The highest BCUT2D eigenvalue weighted by molar-refractivity contribution is 8.00. The molecule has 3 atom stereocenters. The fourth-order valence-electron chi connectivity index (χ4n) is 5.74. The molecule has 9 heteroatoms. The van der Waals surface area contributed by atoms with Crippen LogP contribution in [-0.2, 0) is 32.0 Å². The van der Waals surface area contributed by atoms with Crippen molar-refractivity contribution in [2.24, 2.45) is 5.73 Å². The van der Waals surface area contributed by atoms with Gasteiger partial charge in [0.25, 0.3) is 0 Å². The molecule has 8 nitrogen and oxygen atoms in total. The highest BCUT2D eigenvalue weighted by Gasteiger charge is 2.38. The molecule has 0 aliphatic heterocycles. The molecule has 5 rings (SSSR count). The van der Waals surface area contributed by atoms with Gasteiger partial charge in [0.2, 0.25) is 11.8 Å². The van der Waals surface area contributed by atoms with E-state index in [4.69, 9.17) is 5.73 Å². The third-order valence-corrected chi connectivity index (χ3v) is 9.93. The molecule has 0 aliphatic carbocycles. The molecule has 0 saturated heterocycles. The molecule has 6 N–H and O–H groups in total. The number of rotatable bonds is 15. The fraction of sp³-hybridized carbons (Fsp3) is 0.175. The standard InChI is InChI=1S/C40H39N3O5S/c41-34(27-49-40(30-15-7-2-8-16-30,31-17-9-3-10-18-31)32-19-11-4-12-20-32)37(45)42-35(25-29-21-23-33(44)24-22-29)38(46)43-36(39(47)48)26-28-13-5-1-6-14-28/h1-24,34-36,44H,25-27,41H2,(H,42,45)(H,43,46)(H,47,48)/t34-,35-,36-/m0/s1. The molecule has 0 saturated carbocycles. The van der Waals surface area contributed by atoms with E-state index in [1.165, 1.54) is 23.9 Å². The highest BCUT2D eigenvalue weighted by atomic mass is 32.2. The van der Waals surface area contributed by atoms with Gasteiger partial charge in [-0.05, 0) is 39.9 Å². The van der Waals surface area contributed by atoms with Crippen molar-refractivity contribution in [1.29, 1.82) is 0 Å². The summed E-state index contributed by atoms with van der Waals surface area (Å²) in [5.74, 6) is -2.15. The zero-order valence-corrected chi connectivity index (χ0v) is 27.6. The number of carbonyl (C=O) groups is 3. The van der Waals surface area contributed by atoms with Crippen LogP contribution < -0.4 is 16.4 Å². The zero-order valence-electron chi connectivity index (χ0n) is 26.8. The van der Waals surface area contributed by atoms with E-state index in [0.29, 0.717) is 5.56 Å². The third-order valence-electron chi connectivity index (χ3n) is 8.26. The number of phenols is 1. The Labute approximate surface area is 290 Å². The van der Waals surface area contributed by atoms with Gasteiger partial charge in [-0.2, -0.15) is 0 Å². The van der Waals surface area contributed by atoms with Gasteiger partial charge < -0.3 is 26.6 Å². The molecule has 5 aromatic carbocycles. The zero-order chi connectivity index (χ0) is 34.6. The van der Waals surface area contributed by atoms with E-state index in [9.17, 15) is 24.6 Å². The van der Waals surface area contributed by atoms with E-state index < -0.39 is 40.7 Å². The molecule has 49 heavy (non-hydrogen) atoms. The van der Waals surface area contributed by atoms with Gasteiger partial charge in [0, 0.05) is 18.6 Å². The molecule has 0 spiro atoms. The van der Waals surface area contributed by atoms with E-state index in [1.54, 1.807) is 36.4 Å². The van der Waals surface area contributed by atoms with Crippen molar-refractivity contribution in [2.45, 2.75) is 35.7 Å². The minimum Gasteiger partial charge on any atom is -0.508 e. The number of aliphatic carboxylic acids is 1. The summed E-state index contributed by atoms with van der Waals surface area (Å²) in [6, 6.07) is 42.0. The number of amides is 2. The number of phenolic OH excluding ortho intramolecular Hbond substituents is 1. The Bertz CT molecular complexity index is 1710. The topological polar surface area (TPSA) is 142 Å². The largest absolute Gasteiger partial charge is 0.508 e. The molecule has 2 amide bonds. The number of carboxylic acid groups (broad SMARTS) is 1. The minimum atomic E-state index is -1.22. The Hall–Kier alpha value is -5.38. The maximum atomic E-state index is 13.8. The fourth-order valence-corrected chi connectivity index (χ4v) is 7.23. The van der Waals surface area contributed by atoms with Crippen molar-refractivity contribution in [3.8, 4) is 5.75 Å². The van der Waals surface area contributed by atoms with Crippen LogP contribution in [-0.4, -0.2) is 51.9 Å². The molecule has 0 unspecified atom stereocenters. The second-order valence-electron chi connectivity index (χ2n) is 11.7. The van der Waals surface area contributed by atoms with Crippen molar-refractivity contribution < 1.29 is 24.6 Å². The molecule has 0 heterocycles. The van der Waals surface area contributed by atoms with Crippen molar-refractivity contribution in [2.75, 3.05) is 5.75 Å². The minimum absolute atomic E-state index is 0.0530. The number of nitrogens with two attached hydrogens (primary N) is 1. The number of aromatic hydroxyl groups is 1. The number of carbonyl (C=O) groups excluding carboxylic acids is 2. The molecule has 0 aliphatic rings. The average Bonchev–Trinajstić information content (AvgIpc) is 3.13. The van der Waals surface area contributed by atoms with Gasteiger partial charge in [0.1, 0.15) is 17.8 Å². The maximum absolute atomic E-state index is 13.8. The van der Waals surface area contributed by atoms with Gasteiger partial charge in [0.05, 0.1) is 10.8 Å². The Morgan fingerprint density at radius 3 is 1.47 bits per heavy atom. The van der Waals surface area contributed by atoms with Crippen LogP contribution in [0.4, 0.5) is 0 Å². The smallest absolute Gasteiger partial charge is 0.326 e. The van der Waals surface area contributed by atoms with E-state index >= 15 is 0 Å². The van der Waals surface area contributed by atoms with Gasteiger partial charge in [-0.15, -0.1) is 11.8 Å². The summed E-state index contributed by atoms with van der Waals surface area (Å²) in [5.41, 5.74) is 11.0. The third kappa shape index (κ3) is 8.95. The van der Waals surface area contributed by atoms with Crippen LogP contribution in [0.25, 0.3) is 0 Å². The summed E-state index contributed by atoms with van der Waals surface area (Å²) in [4.78, 5) is 39.6. The van der Waals surface area contributed by atoms with Crippen molar-refractivity contribution in [3.63, 3.8) is 0 Å². The molecule has 0 fully saturated rings. The Morgan fingerprint density at radius 1 is 0.592 bits per heavy atom. The predicted molar refractivity (Wildman–Crippen MR) is 193 cm³/mol. The lowest BCUT2D eigenvalue weighted by atomic mass is 9.84. The Balaban J connectivity index is 1.39. The quantitative estimate of drug-likeness (QED) is 0.0952. The second kappa shape index (κ2) is 16.6. The van der Waals surface area contributed by atoms with Crippen LogP contribution in [0.2, 0.25) is 0 Å². The second-order valence-corrected chi connectivity index (χ2v) is 13.0. The van der Waals surface area contributed by atoms with Gasteiger partial charge in [-0.25, -0.2) is 4.79 Å². The molecule has 5 aromatic rings. The Kier molecular flexibility index (Phi) is 11.9. The Morgan fingerprint density at radius 2 is 1.00 bits per heavy atom. The summed E-state index contributed by atoms with van der Waals surface area (Å²) in [6.45, 7) is 0. The van der Waals surface area contributed by atoms with Crippen molar-refractivity contribution in [3.05, 3.63) is 173 Å². The lowest BCUT2D eigenvalue weighted by Gasteiger charge is -2.36. The first-order valence-corrected chi connectivity index (χ1v) is 17.0. The number of carboxylic acids is 1. The summed E-state index contributed by atoms with van der Waals surface area (Å²) in [7, 11) is 0. The van der Waals surface area contributed by atoms with Crippen molar-refractivity contribution in [1.82, 2.24) is 10.6 Å². The summed E-state index contributed by atoms with van der Waals surface area (Å²) in [5, 5.41) is 25.1. The summed E-state index contributed by atoms with van der Waals surface area (Å²) in [6.07, 6.45) is 0.121. The van der Waals surface area contributed by atoms with Gasteiger partial charge in [-0.3, -0.25) is 9.59 Å². The molecule has 0 aromatic heterocycles. The van der Waals surface area contributed by atoms with Gasteiger partial charge in [-0.1, -0.05) is 133 Å². The van der Waals surface area contributed by atoms with Crippen molar-refractivity contribution >= 4 is 29.5 Å². The number of thioether (sulfide) groups is 1. The van der Waals surface area contributed by atoms with E-state index in [-0.39, 0.29) is 24.3 Å². The molecule has 0 radical (unpaired) electrons. The molecule has 0 bridgehead atoms. The van der Waals surface area contributed by atoms with E-state index in [1.807, 2.05) is 60.7 Å². The van der Waals surface area contributed by atoms with Crippen LogP contribution in [0, 0.1) is 0 Å². The maximum Gasteiger partial charge on any atom is 0.326 e. The first-order valence-electron chi connectivity index (χ1n) is 16.0. The van der Waals surface area contributed by atoms with Crippen LogP contribution in [0.3, 0.4) is 0 Å².